The van der Waals surface area contributed by atoms with Gasteiger partial charge in [0, 0.05) is 30.2 Å². The summed E-state index contributed by atoms with van der Waals surface area (Å²) in [5.41, 5.74) is 1.55. The fourth-order valence-corrected chi connectivity index (χ4v) is 3.81. The molecule has 0 radical (unpaired) electrons. The second-order valence-electron chi connectivity index (χ2n) is 8.03. The van der Waals surface area contributed by atoms with Crippen LogP contribution in [0.2, 0.25) is 0 Å². The predicted molar refractivity (Wildman–Crippen MR) is 121 cm³/mol. The Balaban J connectivity index is 1.49. The molecule has 5 rings (SSSR count). The third-order valence-electron chi connectivity index (χ3n) is 5.73. The Morgan fingerprint density at radius 2 is 2.15 bits per heavy atom. The van der Waals surface area contributed by atoms with Gasteiger partial charge in [-0.2, -0.15) is 10.2 Å². The van der Waals surface area contributed by atoms with Crippen molar-refractivity contribution in [3.63, 3.8) is 0 Å². The van der Waals surface area contributed by atoms with E-state index in [0.717, 1.165) is 19.3 Å². The van der Waals surface area contributed by atoms with Crippen molar-refractivity contribution in [1.29, 1.82) is 0 Å². The normalized spacial score (nSPS) is 13.5. The first kappa shape index (κ1) is 21.6. The van der Waals surface area contributed by atoms with Gasteiger partial charge in [-0.05, 0) is 43.5 Å². The molecule has 1 fully saturated rings. The predicted octanol–water partition coefficient (Wildman–Crippen LogP) is 2.66. The standard InChI is InChI=1S/C23H22FN7O3/c1-34-19-7-6-14(24)10-16(19)21-18(12-30(29-21)13-20(32)27-15-4-2-5-15)28-23(33)17-11-26-31-9-3-8-25-22(17)31/h3,6-12,15H,2,4-5,13H2,1H3,(H,27,32)(H,28,33). The minimum absolute atomic E-state index is 0.0464. The molecule has 0 atom stereocenters. The second kappa shape index (κ2) is 8.93. The molecule has 10 nitrogen and oxygen atoms in total. The number of rotatable bonds is 7. The summed E-state index contributed by atoms with van der Waals surface area (Å²) in [6.07, 6.45) is 9.23. The maximum absolute atomic E-state index is 14.1. The van der Waals surface area contributed by atoms with E-state index in [4.69, 9.17) is 4.74 Å². The van der Waals surface area contributed by atoms with Crippen LogP contribution in [0.3, 0.4) is 0 Å². The molecule has 11 heteroatoms. The molecule has 1 aliphatic carbocycles. The van der Waals surface area contributed by atoms with Crippen molar-refractivity contribution in [2.75, 3.05) is 12.4 Å². The van der Waals surface area contributed by atoms with Crippen LogP contribution in [0.5, 0.6) is 5.75 Å². The zero-order valence-corrected chi connectivity index (χ0v) is 18.4. The molecule has 3 aromatic heterocycles. The summed E-state index contributed by atoms with van der Waals surface area (Å²) in [6, 6.07) is 5.91. The average molecular weight is 463 g/mol. The second-order valence-corrected chi connectivity index (χ2v) is 8.03. The highest BCUT2D eigenvalue weighted by atomic mass is 19.1. The fraction of sp³-hybridized carbons (Fsp3) is 0.261. The van der Waals surface area contributed by atoms with E-state index in [2.05, 4.69) is 25.8 Å². The van der Waals surface area contributed by atoms with Crippen molar-refractivity contribution < 1.29 is 18.7 Å². The van der Waals surface area contributed by atoms with Crippen LogP contribution in [0.15, 0.2) is 49.1 Å². The lowest BCUT2D eigenvalue weighted by Gasteiger charge is -2.26. The zero-order valence-electron chi connectivity index (χ0n) is 18.4. The molecule has 0 unspecified atom stereocenters. The van der Waals surface area contributed by atoms with Gasteiger partial charge in [-0.1, -0.05) is 0 Å². The first-order valence-electron chi connectivity index (χ1n) is 10.8. The molecule has 2 N–H and O–H groups in total. The quantitative estimate of drug-likeness (QED) is 0.435. The van der Waals surface area contributed by atoms with Gasteiger partial charge in [0.2, 0.25) is 5.91 Å². The molecule has 174 valence electrons. The van der Waals surface area contributed by atoms with Gasteiger partial charge in [0.05, 0.1) is 19.0 Å². The van der Waals surface area contributed by atoms with Crippen molar-refractivity contribution >= 4 is 23.1 Å². The van der Waals surface area contributed by atoms with Crippen molar-refractivity contribution in [2.45, 2.75) is 31.8 Å². The third-order valence-corrected chi connectivity index (χ3v) is 5.73. The number of fused-ring (bicyclic) bond motifs is 1. The van der Waals surface area contributed by atoms with E-state index in [1.165, 1.54) is 46.9 Å². The average Bonchev–Trinajstić information content (AvgIpc) is 3.40. The molecule has 2 amide bonds. The number of halogens is 1. The number of nitrogens with zero attached hydrogens (tertiary/aromatic N) is 5. The molecule has 4 aromatic rings. The number of carbonyl (C=O) groups is 2. The summed E-state index contributed by atoms with van der Waals surface area (Å²) in [4.78, 5) is 29.7. The SMILES string of the molecule is COc1ccc(F)cc1-c1nn(CC(=O)NC2CCC2)cc1NC(=O)c1cnn2cccnc12. The number of benzene rings is 1. The molecule has 0 bridgehead atoms. The van der Waals surface area contributed by atoms with Crippen molar-refractivity contribution in [1.82, 2.24) is 29.7 Å². The highest BCUT2D eigenvalue weighted by Gasteiger charge is 2.23. The number of carbonyl (C=O) groups excluding carboxylic acids is 2. The van der Waals surface area contributed by atoms with Crippen LogP contribution >= 0.6 is 0 Å². The smallest absolute Gasteiger partial charge is 0.261 e. The van der Waals surface area contributed by atoms with Crippen molar-refractivity contribution in [3.05, 3.63) is 60.4 Å². The fourth-order valence-electron chi connectivity index (χ4n) is 3.81. The van der Waals surface area contributed by atoms with Crippen LogP contribution < -0.4 is 15.4 Å². The van der Waals surface area contributed by atoms with Gasteiger partial charge in [0.25, 0.3) is 5.91 Å². The summed E-state index contributed by atoms with van der Waals surface area (Å²) in [5, 5.41) is 14.4. The van der Waals surface area contributed by atoms with Gasteiger partial charge >= 0.3 is 0 Å². The summed E-state index contributed by atoms with van der Waals surface area (Å²) >= 11 is 0. The van der Waals surface area contributed by atoms with E-state index in [9.17, 15) is 14.0 Å². The number of aromatic nitrogens is 5. The molecule has 0 aliphatic heterocycles. The van der Waals surface area contributed by atoms with Gasteiger partial charge < -0.3 is 15.4 Å². The monoisotopic (exact) mass is 463 g/mol. The Kier molecular flexibility index (Phi) is 5.66. The van der Waals surface area contributed by atoms with Crippen LogP contribution in [0.1, 0.15) is 29.6 Å². The maximum Gasteiger partial charge on any atom is 0.261 e. The minimum atomic E-state index is -0.489. The van der Waals surface area contributed by atoms with Gasteiger partial charge in [-0.3, -0.25) is 14.3 Å². The molecule has 1 saturated carbocycles. The summed E-state index contributed by atoms with van der Waals surface area (Å²) in [6.45, 7) is -0.0464. The van der Waals surface area contributed by atoms with Gasteiger partial charge in [-0.15, -0.1) is 0 Å². The summed E-state index contributed by atoms with van der Waals surface area (Å²) in [7, 11) is 1.46. The van der Waals surface area contributed by atoms with Crippen LogP contribution in [-0.4, -0.2) is 49.3 Å². The van der Waals surface area contributed by atoms with Crippen molar-refractivity contribution in [2.24, 2.45) is 0 Å². The highest BCUT2D eigenvalue weighted by Crippen LogP contribution is 2.35. The first-order chi connectivity index (χ1) is 16.5. The highest BCUT2D eigenvalue weighted by molar-refractivity contribution is 6.09. The van der Waals surface area contributed by atoms with E-state index in [1.54, 1.807) is 18.5 Å². The van der Waals surface area contributed by atoms with Crippen LogP contribution in [-0.2, 0) is 11.3 Å². The Bertz CT molecular complexity index is 1380. The topological polar surface area (TPSA) is 115 Å². The molecule has 34 heavy (non-hydrogen) atoms. The lowest BCUT2D eigenvalue weighted by molar-refractivity contribution is -0.123. The van der Waals surface area contributed by atoms with Crippen molar-refractivity contribution in [3.8, 4) is 17.0 Å². The summed E-state index contributed by atoms with van der Waals surface area (Å²) in [5.74, 6) is -0.769. The van der Waals surface area contributed by atoms with E-state index in [1.807, 2.05) is 0 Å². The van der Waals surface area contributed by atoms with E-state index in [-0.39, 0.29) is 29.8 Å². The number of anilines is 1. The zero-order chi connectivity index (χ0) is 23.7. The Hall–Kier alpha value is -4.28. The van der Waals surface area contributed by atoms with E-state index < -0.39 is 11.7 Å². The van der Waals surface area contributed by atoms with E-state index >= 15 is 0 Å². The number of ether oxygens (including phenoxy) is 1. The van der Waals surface area contributed by atoms with Crippen LogP contribution in [0, 0.1) is 5.82 Å². The van der Waals surface area contributed by atoms with Crippen LogP contribution in [0.4, 0.5) is 10.1 Å². The number of methoxy groups -OCH3 is 1. The van der Waals surface area contributed by atoms with Gasteiger partial charge in [0.15, 0.2) is 5.65 Å². The lowest BCUT2D eigenvalue weighted by atomic mass is 9.93. The molecule has 3 heterocycles. The van der Waals surface area contributed by atoms with E-state index in [0.29, 0.717) is 22.6 Å². The largest absolute Gasteiger partial charge is 0.496 e. The molecule has 1 aliphatic rings. The first-order valence-corrected chi connectivity index (χ1v) is 10.8. The number of amides is 2. The molecule has 1 aromatic carbocycles. The number of nitrogens with one attached hydrogen (secondary N) is 2. The third kappa shape index (κ3) is 4.19. The van der Waals surface area contributed by atoms with Crippen LogP contribution in [0.25, 0.3) is 16.9 Å². The Labute approximate surface area is 193 Å². The molecule has 0 spiro atoms. The Morgan fingerprint density at radius 1 is 1.29 bits per heavy atom. The maximum atomic E-state index is 14.1. The number of hydrogen-bond donors (Lipinski definition) is 2. The lowest BCUT2D eigenvalue weighted by Crippen LogP contribution is -2.41. The Morgan fingerprint density at radius 3 is 2.91 bits per heavy atom. The molecular weight excluding hydrogens is 441 g/mol. The molecule has 0 saturated heterocycles. The van der Waals surface area contributed by atoms with Gasteiger partial charge in [-0.25, -0.2) is 13.9 Å². The van der Waals surface area contributed by atoms with Gasteiger partial charge in [0.1, 0.15) is 29.4 Å². The minimum Gasteiger partial charge on any atom is -0.496 e. The molecular formula is C23H22FN7O3. The summed E-state index contributed by atoms with van der Waals surface area (Å²) < 4.78 is 22.4. The number of hydrogen-bond acceptors (Lipinski definition) is 6.